The van der Waals surface area contributed by atoms with Gasteiger partial charge in [-0.15, -0.1) is 16.4 Å². The quantitative estimate of drug-likeness (QED) is 0.759. The molecule has 1 amide bonds. The first-order valence-corrected chi connectivity index (χ1v) is 6.74. The third-order valence-electron chi connectivity index (χ3n) is 2.62. The minimum Gasteiger partial charge on any atom is -0.381 e. The van der Waals surface area contributed by atoms with E-state index in [1.165, 1.54) is 11.0 Å². The normalized spacial score (nSPS) is 10.8. The molecule has 0 bridgehead atoms. The van der Waals surface area contributed by atoms with E-state index in [0.717, 1.165) is 15.2 Å². The van der Waals surface area contributed by atoms with E-state index < -0.39 is 0 Å². The number of nitrogen functional groups attached to an aromatic ring is 1. The van der Waals surface area contributed by atoms with Gasteiger partial charge in [-0.2, -0.15) is 9.90 Å². The standard InChI is InChI=1S/C12H12N6OS/c1-7-15-9-4-8(2-3-10(9)20-7)16-12(19)6-18-14-5-11(13)17-18/h2-5H,6H2,1H3,(H2,13,17)(H,16,19). The van der Waals surface area contributed by atoms with Crippen molar-refractivity contribution in [3.05, 3.63) is 29.4 Å². The number of aryl methyl sites for hydroxylation is 1. The summed E-state index contributed by atoms with van der Waals surface area (Å²) in [6.45, 7) is 1.97. The number of amides is 1. The first-order chi connectivity index (χ1) is 9.60. The summed E-state index contributed by atoms with van der Waals surface area (Å²) >= 11 is 1.62. The van der Waals surface area contributed by atoms with Gasteiger partial charge in [0.25, 0.3) is 0 Å². The lowest BCUT2D eigenvalue weighted by molar-refractivity contribution is -0.117. The maximum Gasteiger partial charge on any atom is 0.247 e. The van der Waals surface area contributed by atoms with Crippen molar-refractivity contribution in [2.45, 2.75) is 13.5 Å². The van der Waals surface area contributed by atoms with Crippen molar-refractivity contribution < 1.29 is 4.79 Å². The molecule has 0 spiro atoms. The smallest absolute Gasteiger partial charge is 0.247 e. The topological polar surface area (TPSA) is 98.7 Å². The zero-order valence-electron chi connectivity index (χ0n) is 10.7. The molecular weight excluding hydrogens is 276 g/mol. The van der Waals surface area contributed by atoms with Crippen LogP contribution in [0.3, 0.4) is 0 Å². The number of benzene rings is 1. The van der Waals surface area contributed by atoms with Crippen LogP contribution >= 0.6 is 11.3 Å². The number of carbonyl (C=O) groups excluding carboxylic acids is 1. The highest BCUT2D eigenvalue weighted by Gasteiger charge is 2.07. The number of hydrogen-bond acceptors (Lipinski definition) is 6. The van der Waals surface area contributed by atoms with E-state index in [1.54, 1.807) is 11.3 Å². The Morgan fingerprint density at radius 2 is 2.35 bits per heavy atom. The van der Waals surface area contributed by atoms with Gasteiger partial charge in [-0.25, -0.2) is 4.98 Å². The third-order valence-corrected chi connectivity index (χ3v) is 3.57. The van der Waals surface area contributed by atoms with Crippen molar-refractivity contribution in [1.29, 1.82) is 0 Å². The molecule has 102 valence electrons. The van der Waals surface area contributed by atoms with Crippen LogP contribution in [0, 0.1) is 6.92 Å². The van der Waals surface area contributed by atoms with Crippen LogP contribution < -0.4 is 11.1 Å². The van der Waals surface area contributed by atoms with Gasteiger partial charge in [-0.05, 0) is 25.1 Å². The first-order valence-electron chi connectivity index (χ1n) is 5.93. The zero-order valence-corrected chi connectivity index (χ0v) is 11.5. The molecule has 0 atom stereocenters. The molecule has 20 heavy (non-hydrogen) atoms. The second-order valence-corrected chi connectivity index (χ2v) is 5.50. The number of thiazole rings is 1. The second-order valence-electron chi connectivity index (χ2n) is 4.26. The van der Waals surface area contributed by atoms with Gasteiger partial charge in [0, 0.05) is 5.69 Å². The van der Waals surface area contributed by atoms with E-state index in [1.807, 2.05) is 25.1 Å². The van der Waals surface area contributed by atoms with Gasteiger partial charge in [0.2, 0.25) is 5.91 Å². The number of nitrogens with zero attached hydrogens (tertiary/aromatic N) is 4. The van der Waals surface area contributed by atoms with Gasteiger partial charge >= 0.3 is 0 Å². The van der Waals surface area contributed by atoms with Crippen molar-refractivity contribution >= 4 is 39.0 Å². The Labute approximate surface area is 118 Å². The third kappa shape index (κ3) is 2.59. The van der Waals surface area contributed by atoms with E-state index >= 15 is 0 Å². The van der Waals surface area contributed by atoms with Crippen molar-refractivity contribution in [2.75, 3.05) is 11.1 Å². The fourth-order valence-corrected chi connectivity index (χ4v) is 2.64. The summed E-state index contributed by atoms with van der Waals surface area (Å²) in [5, 5.41) is 11.5. The Balaban J connectivity index is 1.73. The van der Waals surface area contributed by atoms with Gasteiger partial charge in [-0.3, -0.25) is 4.79 Å². The minimum absolute atomic E-state index is 0.0192. The van der Waals surface area contributed by atoms with Gasteiger partial charge in [0.05, 0.1) is 21.4 Å². The zero-order chi connectivity index (χ0) is 14.1. The van der Waals surface area contributed by atoms with Crippen LogP contribution in [0.2, 0.25) is 0 Å². The minimum atomic E-state index is -0.216. The van der Waals surface area contributed by atoms with Crippen LogP contribution in [0.25, 0.3) is 10.2 Å². The largest absolute Gasteiger partial charge is 0.381 e. The van der Waals surface area contributed by atoms with Gasteiger partial charge in [-0.1, -0.05) is 0 Å². The van der Waals surface area contributed by atoms with Crippen LogP contribution in [0.1, 0.15) is 5.01 Å². The molecule has 0 aliphatic rings. The van der Waals surface area contributed by atoms with Gasteiger partial charge in [0.15, 0.2) is 5.82 Å². The molecule has 1 aromatic carbocycles. The Morgan fingerprint density at radius 1 is 1.50 bits per heavy atom. The number of nitrogens with one attached hydrogen (secondary N) is 1. The Kier molecular flexibility index (Phi) is 3.07. The van der Waals surface area contributed by atoms with Crippen molar-refractivity contribution in [3.8, 4) is 0 Å². The number of aromatic nitrogens is 4. The predicted octanol–water partition coefficient (Wildman–Crippen LogP) is 1.42. The fraction of sp³-hybridized carbons (Fsp3) is 0.167. The molecule has 0 radical (unpaired) electrons. The summed E-state index contributed by atoms with van der Waals surface area (Å²) in [4.78, 5) is 17.5. The molecule has 3 aromatic rings. The maximum absolute atomic E-state index is 11.9. The lowest BCUT2D eigenvalue weighted by Gasteiger charge is -2.04. The monoisotopic (exact) mass is 288 g/mol. The molecule has 0 aliphatic heterocycles. The van der Waals surface area contributed by atoms with E-state index in [-0.39, 0.29) is 18.3 Å². The van der Waals surface area contributed by atoms with Crippen LogP contribution in [0.5, 0.6) is 0 Å². The highest BCUT2D eigenvalue weighted by Crippen LogP contribution is 2.24. The molecule has 2 heterocycles. The fourth-order valence-electron chi connectivity index (χ4n) is 1.84. The highest BCUT2D eigenvalue weighted by molar-refractivity contribution is 7.18. The lowest BCUT2D eigenvalue weighted by Crippen LogP contribution is -2.20. The van der Waals surface area contributed by atoms with Gasteiger partial charge in [0.1, 0.15) is 6.54 Å². The van der Waals surface area contributed by atoms with Crippen molar-refractivity contribution in [3.63, 3.8) is 0 Å². The number of carbonyl (C=O) groups is 1. The van der Waals surface area contributed by atoms with Crippen LogP contribution in [0.4, 0.5) is 11.5 Å². The average molecular weight is 288 g/mol. The van der Waals surface area contributed by atoms with E-state index in [9.17, 15) is 4.79 Å². The lowest BCUT2D eigenvalue weighted by atomic mass is 10.3. The number of rotatable bonds is 3. The molecule has 2 aromatic heterocycles. The number of nitrogens with two attached hydrogens (primary N) is 1. The summed E-state index contributed by atoms with van der Waals surface area (Å²) in [6, 6.07) is 5.64. The molecule has 0 saturated heterocycles. The number of fused-ring (bicyclic) bond motifs is 1. The highest BCUT2D eigenvalue weighted by atomic mass is 32.1. The molecule has 0 aliphatic carbocycles. The summed E-state index contributed by atoms with van der Waals surface area (Å²) in [7, 11) is 0. The van der Waals surface area contributed by atoms with E-state index in [2.05, 4.69) is 20.5 Å². The second kappa shape index (κ2) is 4.89. The summed E-state index contributed by atoms with van der Waals surface area (Å²) in [5.74, 6) is 0.0732. The van der Waals surface area contributed by atoms with Crippen molar-refractivity contribution in [1.82, 2.24) is 20.0 Å². The van der Waals surface area contributed by atoms with Crippen LogP contribution in [-0.2, 0) is 11.3 Å². The SMILES string of the molecule is Cc1nc2cc(NC(=O)Cn3ncc(N)n3)ccc2s1. The van der Waals surface area contributed by atoms with Crippen LogP contribution in [0.15, 0.2) is 24.4 Å². The maximum atomic E-state index is 11.9. The summed E-state index contributed by atoms with van der Waals surface area (Å²) in [5.41, 5.74) is 7.02. The van der Waals surface area contributed by atoms with E-state index in [4.69, 9.17) is 5.73 Å². The molecule has 3 N–H and O–H groups in total. The number of hydrogen-bond donors (Lipinski definition) is 2. The Morgan fingerprint density at radius 3 is 3.10 bits per heavy atom. The molecule has 8 heteroatoms. The van der Waals surface area contributed by atoms with Gasteiger partial charge < -0.3 is 11.1 Å². The molecule has 0 unspecified atom stereocenters. The predicted molar refractivity (Wildman–Crippen MR) is 77.4 cm³/mol. The summed E-state index contributed by atoms with van der Waals surface area (Å²) < 4.78 is 1.10. The molecule has 0 saturated carbocycles. The van der Waals surface area contributed by atoms with Crippen molar-refractivity contribution in [2.24, 2.45) is 0 Å². The number of anilines is 2. The Hall–Kier alpha value is -2.48. The van der Waals surface area contributed by atoms with E-state index in [0.29, 0.717) is 5.69 Å². The molecule has 3 rings (SSSR count). The first kappa shape index (κ1) is 12.5. The van der Waals surface area contributed by atoms with Crippen LogP contribution in [-0.4, -0.2) is 25.9 Å². The Bertz CT molecular complexity index is 777. The molecule has 7 nitrogen and oxygen atoms in total. The summed E-state index contributed by atoms with van der Waals surface area (Å²) in [6.07, 6.45) is 1.40. The molecule has 0 fully saturated rings. The average Bonchev–Trinajstić information content (AvgIpc) is 2.93. The molecular formula is C12H12N6OS.